The molecule has 1 amide bonds. The molecule has 146 valence electrons. The monoisotopic (exact) mass is 386 g/mol. The van der Waals surface area contributed by atoms with E-state index in [2.05, 4.69) is 45.2 Å². The summed E-state index contributed by atoms with van der Waals surface area (Å²) in [4.78, 5) is 16.2. The summed E-state index contributed by atoms with van der Waals surface area (Å²) in [5.74, 6) is 0.933. The Labute approximate surface area is 168 Å². The van der Waals surface area contributed by atoms with Gasteiger partial charge in [0.25, 0.3) is 0 Å². The number of fused-ring (bicyclic) bond motifs is 1. The summed E-state index contributed by atoms with van der Waals surface area (Å²) in [5.41, 5.74) is 9.92. The summed E-state index contributed by atoms with van der Waals surface area (Å²) in [7, 11) is 0. The maximum Gasteiger partial charge on any atom is 0.411 e. The first kappa shape index (κ1) is 18.6. The third-order valence-electron chi connectivity index (χ3n) is 4.67. The normalized spacial score (nSPS) is 10.8. The third kappa shape index (κ3) is 3.91. The number of aromatic nitrogens is 2. The van der Waals surface area contributed by atoms with Gasteiger partial charge in [-0.05, 0) is 36.8 Å². The fourth-order valence-electron chi connectivity index (χ4n) is 3.39. The Morgan fingerprint density at radius 3 is 2.59 bits per heavy atom. The first-order valence-corrected chi connectivity index (χ1v) is 9.49. The predicted molar refractivity (Wildman–Crippen MR) is 115 cm³/mol. The van der Waals surface area contributed by atoms with Crippen LogP contribution in [0.2, 0.25) is 0 Å². The lowest BCUT2D eigenvalue weighted by Gasteiger charge is -2.13. The molecule has 3 N–H and O–H groups in total. The number of nitrogens with zero attached hydrogens (tertiary/aromatic N) is 2. The van der Waals surface area contributed by atoms with Crippen LogP contribution in [0.15, 0.2) is 72.8 Å². The summed E-state index contributed by atoms with van der Waals surface area (Å²) in [6.45, 7) is 2.03. The van der Waals surface area contributed by atoms with Gasteiger partial charge in [-0.1, -0.05) is 48.5 Å². The zero-order valence-corrected chi connectivity index (χ0v) is 16.1. The quantitative estimate of drug-likeness (QED) is 0.518. The van der Waals surface area contributed by atoms with Crippen LogP contribution in [0.5, 0.6) is 0 Å². The molecule has 2 heterocycles. The topological polar surface area (TPSA) is 82.2 Å². The van der Waals surface area contributed by atoms with Crippen molar-refractivity contribution in [1.82, 2.24) is 9.55 Å². The highest BCUT2D eigenvalue weighted by molar-refractivity contribution is 5.88. The first-order valence-electron chi connectivity index (χ1n) is 9.49. The number of hydrogen-bond acceptors (Lipinski definition) is 4. The summed E-state index contributed by atoms with van der Waals surface area (Å²) in [6.07, 6.45) is 0.213. The lowest BCUT2D eigenvalue weighted by Crippen LogP contribution is -2.15. The highest BCUT2D eigenvalue weighted by Crippen LogP contribution is 2.27. The molecule has 0 aliphatic rings. The van der Waals surface area contributed by atoms with Crippen molar-refractivity contribution in [2.75, 3.05) is 17.7 Å². The summed E-state index contributed by atoms with van der Waals surface area (Å²) < 4.78 is 7.01. The van der Waals surface area contributed by atoms with Crippen molar-refractivity contribution in [2.24, 2.45) is 0 Å². The number of amides is 1. The molecule has 0 aliphatic heterocycles. The molecule has 0 saturated carbocycles. The molecule has 0 spiro atoms. The number of pyridine rings is 1. The minimum absolute atomic E-state index is 0.235. The largest absolute Gasteiger partial charge is 0.450 e. The van der Waals surface area contributed by atoms with E-state index in [-0.39, 0.29) is 12.4 Å². The standard InChI is InChI=1S/C23H22N4O2/c1-2-29-23(28)25-19-12-13-21(26-22(19)24)27-18(14-16-8-4-3-5-9-16)15-17-10-6-7-11-20(17)27/h3-13,15H,2,14H2,1H3,(H2,24,26)(H,25,28). The summed E-state index contributed by atoms with van der Waals surface area (Å²) >= 11 is 0. The van der Waals surface area contributed by atoms with Gasteiger partial charge in [0, 0.05) is 17.5 Å². The summed E-state index contributed by atoms with van der Waals surface area (Å²) in [5, 5.41) is 3.75. The second-order valence-electron chi connectivity index (χ2n) is 6.64. The third-order valence-corrected chi connectivity index (χ3v) is 4.67. The van der Waals surface area contributed by atoms with Crippen LogP contribution in [-0.4, -0.2) is 22.3 Å². The molecular weight excluding hydrogens is 364 g/mol. The number of nitrogens with one attached hydrogen (secondary N) is 1. The van der Waals surface area contributed by atoms with Crippen LogP contribution in [0.1, 0.15) is 18.2 Å². The maximum absolute atomic E-state index is 11.7. The van der Waals surface area contributed by atoms with Crippen molar-refractivity contribution < 1.29 is 9.53 Å². The number of nitrogens with two attached hydrogens (primary N) is 1. The van der Waals surface area contributed by atoms with Crippen molar-refractivity contribution >= 4 is 28.5 Å². The number of anilines is 2. The van der Waals surface area contributed by atoms with E-state index < -0.39 is 6.09 Å². The summed E-state index contributed by atoms with van der Waals surface area (Å²) in [6, 6.07) is 24.2. The minimum Gasteiger partial charge on any atom is -0.450 e. The molecule has 0 atom stereocenters. The highest BCUT2D eigenvalue weighted by atomic mass is 16.5. The Balaban J connectivity index is 1.75. The molecular formula is C23H22N4O2. The maximum atomic E-state index is 11.7. The van der Waals surface area contributed by atoms with E-state index in [1.54, 1.807) is 13.0 Å². The van der Waals surface area contributed by atoms with Gasteiger partial charge in [0.2, 0.25) is 0 Å². The molecule has 4 rings (SSSR count). The van der Waals surface area contributed by atoms with Crippen LogP contribution >= 0.6 is 0 Å². The number of benzene rings is 2. The lowest BCUT2D eigenvalue weighted by atomic mass is 10.1. The molecule has 0 saturated heterocycles. The van der Waals surface area contributed by atoms with Gasteiger partial charge in [0.15, 0.2) is 0 Å². The van der Waals surface area contributed by atoms with Crippen LogP contribution in [-0.2, 0) is 11.2 Å². The SMILES string of the molecule is CCOC(=O)Nc1ccc(-n2c(Cc3ccccc3)cc3ccccc32)nc1N. The van der Waals surface area contributed by atoms with Crippen molar-refractivity contribution in [2.45, 2.75) is 13.3 Å². The van der Waals surface area contributed by atoms with Gasteiger partial charge in [-0.25, -0.2) is 9.78 Å². The minimum atomic E-state index is -0.551. The van der Waals surface area contributed by atoms with Gasteiger partial charge in [0.1, 0.15) is 11.6 Å². The second-order valence-corrected chi connectivity index (χ2v) is 6.64. The van der Waals surface area contributed by atoms with Gasteiger partial charge >= 0.3 is 6.09 Å². The zero-order valence-electron chi connectivity index (χ0n) is 16.1. The van der Waals surface area contributed by atoms with Gasteiger partial charge in [-0.15, -0.1) is 0 Å². The van der Waals surface area contributed by atoms with Gasteiger partial charge in [-0.2, -0.15) is 0 Å². The Hall–Kier alpha value is -3.80. The van der Waals surface area contributed by atoms with Gasteiger partial charge in [-0.3, -0.25) is 9.88 Å². The van der Waals surface area contributed by atoms with E-state index in [1.807, 2.05) is 36.4 Å². The lowest BCUT2D eigenvalue weighted by molar-refractivity contribution is 0.168. The van der Waals surface area contributed by atoms with E-state index >= 15 is 0 Å². The Morgan fingerprint density at radius 1 is 1.07 bits per heavy atom. The molecule has 6 nitrogen and oxygen atoms in total. The fraction of sp³-hybridized carbons (Fsp3) is 0.130. The molecule has 2 aromatic heterocycles. The van der Waals surface area contributed by atoms with Crippen molar-refractivity contribution in [3.05, 3.63) is 84.1 Å². The van der Waals surface area contributed by atoms with E-state index in [1.165, 1.54) is 5.56 Å². The Kier molecular flexibility index (Phi) is 5.16. The van der Waals surface area contributed by atoms with Gasteiger partial charge < -0.3 is 10.5 Å². The average molecular weight is 386 g/mol. The number of carbonyl (C=O) groups is 1. The van der Waals surface area contributed by atoms with Crippen LogP contribution in [0.4, 0.5) is 16.3 Å². The number of rotatable bonds is 5. The van der Waals surface area contributed by atoms with Crippen molar-refractivity contribution in [1.29, 1.82) is 0 Å². The van der Waals surface area contributed by atoms with Crippen LogP contribution in [0.3, 0.4) is 0 Å². The van der Waals surface area contributed by atoms with Crippen LogP contribution < -0.4 is 11.1 Å². The Morgan fingerprint density at radius 2 is 1.83 bits per heavy atom. The highest BCUT2D eigenvalue weighted by Gasteiger charge is 2.14. The molecule has 6 heteroatoms. The molecule has 4 aromatic rings. The number of hydrogen-bond donors (Lipinski definition) is 2. The molecule has 0 unspecified atom stereocenters. The van der Waals surface area contributed by atoms with E-state index in [4.69, 9.17) is 10.5 Å². The number of para-hydroxylation sites is 1. The van der Waals surface area contributed by atoms with Crippen molar-refractivity contribution in [3.63, 3.8) is 0 Å². The molecule has 0 fully saturated rings. The van der Waals surface area contributed by atoms with E-state index in [0.717, 1.165) is 23.0 Å². The smallest absolute Gasteiger partial charge is 0.411 e. The second kappa shape index (κ2) is 8.06. The van der Waals surface area contributed by atoms with E-state index in [0.29, 0.717) is 11.5 Å². The van der Waals surface area contributed by atoms with Crippen LogP contribution in [0.25, 0.3) is 16.7 Å². The molecule has 0 radical (unpaired) electrons. The average Bonchev–Trinajstić information content (AvgIpc) is 3.08. The zero-order chi connectivity index (χ0) is 20.2. The Bertz CT molecular complexity index is 1150. The fourth-order valence-corrected chi connectivity index (χ4v) is 3.39. The molecule has 0 aliphatic carbocycles. The number of ether oxygens (including phenoxy) is 1. The van der Waals surface area contributed by atoms with Crippen LogP contribution in [0, 0.1) is 0 Å². The first-order chi connectivity index (χ1) is 14.2. The molecule has 0 bridgehead atoms. The van der Waals surface area contributed by atoms with E-state index in [9.17, 15) is 4.79 Å². The predicted octanol–water partition coefficient (Wildman–Crippen LogP) is 4.77. The number of nitrogen functional groups attached to an aromatic ring is 1. The van der Waals surface area contributed by atoms with Gasteiger partial charge in [0.05, 0.1) is 17.8 Å². The molecule has 2 aromatic carbocycles. The molecule has 29 heavy (non-hydrogen) atoms. The van der Waals surface area contributed by atoms with Crippen molar-refractivity contribution in [3.8, 4) is 5.82 Å². The number of carbonyl (C=O) groups excluding carboxylic acids is 1.